The zero-order valence-electron chi connectivity index (χ0n) is 11.6. The lowest BCUT2D eigenvalue weighted by molar-refractivity contribution is 0.151. The van der Waals surface area contributed by atoms with Crippen LogP contribution < -0.4 is 4.72 Å². The van der Waals surface area contributed by atoms with Crippen molar-refractivity contribution < 1.29 is 8.42 Å². The second kappa shape index (κ2) is 5.61. The molecule has 1 aliphatic rings. The van der Waals surface area contributed by atoms with E-state index in [1.54, 1.807) is 0 Å². The average molecular weight is 282 g/mol. The number of likely N-dealkylation sites (tertiary alicyclic amines) is 1. The summed E-state index contributed by atoms with van der Waals surface area (Å²) in [5.41, 5.74) is 1.19. The Bertz CT molecular complexity index is 516. The van der Waals surface area contributed by atoms with Crippen molar-refractivity contribution in [2.45, 2.75) is 31.8 Å². The van der Waals surface area contributed by atoms with E-state index in [4.69, 9.17) is 0 Å². The van der Waals surface area contributed by atoms with Crippen LogP contribution in [0.15, 0.2) is 30.3 Å². The van der Waals surface area contributed by atoms with E-state index in [2.05, 4.69) is 28.7 Å². The van der Waals surface area contributed by atoms with Gasteiger partial charge in [-0.2, -0.15) is 0 Å². The molecule has 0 amide bonds. The largest absolute Gasteiger partial charge is 0.292 e. The van der Waals surface area contributed by atoms with Crippen LogP contribution in [0.25, 0.3) is 0 Å². The maximum atomic E-state index is 11.3. The molecule has 19 heavy (non-hydrogen) atoms. The molecule has 0 aromatic heterocycles. The van der Waals surface area contributed by atoms with Crippen LogP contribution in [-0.2, 0) is 16.6 Å². The number of rotatable bonds is 5. The van der Waals surface area contributed by atoms with Crippen molar-refractivity contribution in [1.82, 2.24) is 9.62 Å². The Labute approximate surface area is 115 Å². The van der Waals surface area contributed by atoms with E-state index in [9.17, 15) is 8.42 Å². The molecule has 1 aromatic rings. The van der Waals surface area contributed by atoms with E-state index in [0.717, 1.165) is 25.9 Å². The van der Waals surface area contributed by atoms with E-state index in [-0.39, 0.29) is 5.54 Å². The molecule has 0 radical (unpaired) electrons. The van der Waals surface area contributed by atoms with Gasteiger partial charge in [-0.25, -0.2) is 13.1 Å². The molecule has 1 atom stereocenters. The summed E-state index contributed by atoms with van der Waals surface area (Å²) in [7, 11) is -3.12. The first-order valence-electron chi connectivity index (χ1n) is 6.63. The summed E-state index contributed by atoms with van der Waals surface area (Å²) in [4.78, 5) is 2.38. The minimum absolute atomic E-state index is 0.0844. The second-order valence-corrected chi connectivity index (χ2v) is 7.43. The molecular weight excluding hydrogens is 260 g/mol. The zero-order chi connectivity index (χ0) is 13.9. The summed E-state index contributed by atoms with van der Waals surface area (Å²) in [6, 6.07) is 10.3. The van der Waals surface area contributed by atoms with Gasteiger partial charge in [0.2, 0.25) is 10.0 Å². The number of benzene rings is 1. The lowest BCUT2D eigenvalue weighted by Gasteiger charge is -2.35. The predicted molar refractivity (Wildman–Crippen MR) is 77.3 cm³/mol. The molecule has 0 unspecified atom stereocenters. The fraction of sp³-hybridized carbons (Fsp3) is 0.571. The predicted octanol–water partition coefficient (Wildman–Crippen LogP) is 1.59. The number of sulfonamides is 1. The minimum atomic E-state index is -3.12. The molecular formula is C14H22N2O2S. The van der Waals surface area contributed by atoms with Gasteiger partial charge in [0.25, 0.3) is 0 Å². The molecule has 106 valence electrons. The first-order chi connectivity index (χ1) is 8.89. The minimum Gasteiger partial charge on any atom is -0.292 e. The molecule has 0 aliphatic carbocycles. The maximum absolute atomic E-state index is 11.3. The van der Waals surface area contributed by atoms with Crippen molar-refractivity contribution in [2.24, 2.45) is 0 Å². The third-order valence-corrected chi connectivity index (χ3v) is 4.51. The van der Waals surface area contributed by atoms with Gasteiger partial charge in [-0.15, -0.1) is 0 Å². The highest BCUT2D eigenvalue weighted by atomic mass is 32.2. The van der Waals surface area contributed by atoms with Crippen molar-refractivity contribution in [3.63, 3.8) is 0 Å². The van der Waals surface area contributed by atoms with Crippen molar-refractivity contribution in [2.75, 3.05) is 19.3 Å². The van der Waals surface area contributed by atoms with Gasteiger partial charge >= 0.3 is 0 Å². The van der Waals surface area contributed by atoms with E-state index in [1.165, 1.54) is 11.8 Å². The van der Waals surface area contributed by atoms with Gasteiger partial charge < -0.3 is 0 Å². The molecule has 4 nitrogen and oxygen atoms in total. The number of hydrogen-bond donors (Lipinski definition) is 1. The smallest absolute Gasteiger partial charge is 0.208 e. The lowest BCUT2D eigenvalue weighted by atomic mass is 9.99. The van der Waals surface area contributed by atoms with E-state index in [0.29, 0.717) is 6.54 Å². The van der Waals surface area contributed by atoms with Crippen LogP contribution in [-0.4, -0.2) is 38.2 Å². The maximum Gasteiger partial charge on any atom is 0.208 e. The lowest BCUT2D eigenvalue weighted by Crippen LogP contribution is -2.49. The molecule has 1 aliphatic heterocycles. The standard InChI is InChI=1S/C14H22N2O2S/c1-14(12-15-19(2,17)18)9-6-10-16(14)11-13-7-4-3-5-8-13/h3-5,7-8,15H,6,9-12H2,1-2H3/t14-/m0/s1. The van der Waals surface area contributed by atoms with Crippen molar-refractivity contribution in [3.8, 4) is 0 Å². The molecule has 1 N–H and O–H groups in total. The van der Waals surface area contributed by atoms with Gasteiger partial charge in [-0.1, -0.05) is 30.3 Å². The van der Waals surface area contributed by atoms with Crippen molar-refractivity contribution >= 4 is 10.0 Å². The molecule has 1 aromatic carbocycles. The highest BCUT2D eigenvalue weighted by Gasteiger charge is 2.36. The number of nitrogens with one attached hydrogen (secondary N) is 1. The van der Waals surface area contributed by atoms with Crippen LogP contribution in [0.4, 0.5) is 0 Å². The van der Waals surface area contributed by atoms with Crippen LogP contribution in [0, 0.1) is 0 Å². The van der Waals surface area contributed by atoms with Crippen LogP contribution >= 0.6 is 0 Å². The fourth-order valence-corrected chi connectivity index (χ4v) is 3.21. The zero-order valence-corrected chi connectivity index (χ0v) is 12.4. The Balaban J connectivity index is 2.03. The van der Waals surface area contributed by atoms with Gasteiger partial charge in [0.15, 0.2) is 0 Å². The first kappa shape index (κ1) is 14.5. The SMILES string of the molecule is C[C@@]1(CNS(C)(=O)=O)CCCN1Cc1ccccc1. The quantitative estimate of drug-likeness (QED) is 0.892. The Morgan fingerprint density at radius 3 is 2.63 bits per heavy atom. The molecule has 1 heterocycles. The summed E-state index contributed by atoms with van der Waals surface area (Å²) in [5.74, 6) is 0. The second-order valence-electron chi connectivity index (χ2n) is 5.60. The van der Waals surface area contributed by atoms with Gasteiger partial charge in [0, 0.05) is 18.6 Å². The third kappa shape index (κ3) is 4.03. The number of hydrogen-bond acceptors (Lipinski definition) is 3. The summed E-state index contributed by atoms with van der Waals surface area (Å²) in [6.45, 7) is 4.53. The topological polar surface area (TPSA) is 49.4 Å². The number of nitrogens with zero attached hydrogens (tertiary/aromatic N) is 1. The molecule has 0 bridgehead atoms. The van der Waals surface area contributed by atoms with Crippen LogP contribution in [0.1, 0.15) is 25.3 Å². The van der Waals surface area contributed by atoms with Gasteiger partial charge in [0.05, 0.1) is 6.26 Å². The van der Waals surface area contributed by atoms with Crippen LogP contribution in [0.3, 0.4) is 0 Å². The summed E-state index contributed by atoms with van der Waals surface area (Å²) >= 11 is 0. The molecule has 0 spiro atoms. The highest BCUT2D eigenvalue weighted by molar-refractivity contribution is 7.88. The Morgan fingerprint density at radius 1 is 1.32 bits per heavy atom. The van der Waals surface area contributed by atoms with Gasteiger partial charge in [-0.05, 0) is 31.9 Å². The Kier molecular flexibility index (Phi) is 4.28. The van der Waals surface area contributed by atoms with E-state index >= 15 is 0 Å². The van der Waals surface area contributed by atoms with Gasteiger partial charge in [-0.3, -0.25) is 4.90 Å². The van der Waals surface area contributed by atoms with Crippen LogP contribution in [0.2, 0.25) is 0 Å². The molecule has 1 saturated heterocycles. The Hall–Kier alpha value is -0.910. The molecule has 0 saturated carbocycles. The monoisotopic (exact) mass is 282 g/mol. The summed E-state index contributed by atoms with van der Waals surface area (Å²) < 4.78 is 25.2. The van der Waals surface area contributed by atoms with E-state index < -0.39 is 10.0 Å². The molecule has 5 heteroatoms. The van der Waals surface area contributed by atoms with Crippen LogP contribution in [0.5, 0.6) is 0 Å². The average Bonchev–Trinajstić information content (AvgIpc) is 2.70. The fourth-order valence-electron chi connectivity index (χ4n) is 2.64. The van der Waals surface area contributed by atoms with Gasteiger partial charge in [0.1, 0.15) is 0 Å². The molecule has 2 rings (SSSR count). The normalized spacial score (nSPS) is 24.7. The summed E-state index contributed by atoms with van der Waals surface area (Å²) in [5, 5.41) is 0. The summed E-state index contributed by atoms with van der Waals surface area (Å²) in [6.07, 6.45) is 3.37. The first-order valence-corrected chi connectivity index (χ1v) is 8.52. The van der Waals surface area contributed by atoms with Crippen molar-refractivity contribution in [3.05, 3.63) is 35.9 Å². The Morgan fingerprint density at radius 2 is 2.00 bits per heavy atom. The third-order valence-electron chi connectivity index (χ3n) is 3.84. The van der Waals surface area contributed by atoms with E-state index in [1.807, 2.05) is 18.2 Å². The highest BCUT2D eigenvalue weighted by Crippen LogP contribution is 2.30. The molecule has 1 fully saturated rings. The van der Waals surface area contributed by atoms with Crippen molar-refractivity contribution in [1.29, 1.82) is 0 Å².